The molecule has 0 saturated carbocycles. The summed E-state index contributed by atoms with van der Waals surface area (Å²) in [6, 6.07) is 6.80. The molecule has 2 N–H and O–H groups in total. The van der Waals surface area contributed by atoms with Crippen LogP contribution in [0, 0.1) is 11.8 Å². The van der Waals surface area contributed by atoms with Crippen LogP contribution in [0.2, 0.25) is 0 Å². The lowest BCUT2D eigenvalue weighted by atomic mass is 10.0. The average molecular weight is 355 g/mol. The third kappa shape index (κ3) is 4.21. The molecule has 3 nitrogen and oxygen atoms in total. The van der Waals surface area contributed by atoms with Gasteiger partial charge in [-0.2, -0.15) is 0 Å². The summed E-state index contributed by atoms with van der Waals surface area (Å²) in [5, 5.41) is 13.1. The predicted octanol–water partition coefficient (Wildman–Crippen LogP) is 3.40. The molecule has 2 atom stereocenters. The molecular formula is C17H27BrN2O. The molecule has 1 saturated heterocycles. The van der Waals surface area contributed by atoms with Crippen LogP contribution in [0.1, 0.15) is 32.8 Å². The van der Waals surface area contributed by atoms with Crippen LogP contribution in [0.15, 0.2) is 22.7 Å². The molecule has 2 rings (SSSR count). The second-order valence-corrected chi connectivity index (χ2v) is 7.37. The Hall–Kier alpha value is -0.580. The maximum Gasteiger partial charge on any atom is 0.0637 e. The Balaban J connectivity index is 2.05. The summed E-state index contributed by atoms with van der Waals surface area (Å²) in [7, 11) is 0. The number of halogens is 1. The van der Waals surface area contributed by atoms with E-state index in [0.717, 1.165) is 30.5 Å². The van der Waals surface area contributed by atoms with Gasteiger partial charge in [-0.25, -0.2) is 0 Å². The molecule has 1 aliphatic heterocycles. The molecule has 118 valence electrons. The number of aliphatic hydroxyl groups excluding tert-OH is 1. The van der Waals surface area contributed by atoms with Gasteiger partial charge in [-0.05, 0) is 58.4 Å². The van der Waals surface area contributed by atoms with E-state index in [1.54, 1.807) is 0 Å². The minimum absolute atomic E-state index is 0.227. The van der Waals surface area contributed by atoms with Crippen molar-refractivity contribution < 1.29 is 5.11 Å². The summed E-state index contributed by atoms with van der Waals surface area (Å²) in [6.45, 7) is 9.85. The first-order valence-electron chi connectivity index (χ1n) is 7.89. The quantitative estimate of drug-likeness (QED) is 0.821. The first kappa shape index (κ1) is 16.8. The number of nitrogens with one attached hydrogen (secondary N) is 1. The van der Waals surface area contributed by atoms with E-state index in [1.165, 1.54) is 11.3 Å². The Labute approximate surface area is 136 Å². The van der Waals surface area contributed by atoms with Gasteiger partial charge >= 0.3 is 0 Å². The zero-order valence-corrected chi connectivity index (χ0v) is 14.9. The van der Waals surface area contributed by atoms with Gasteiger partial charge in [-0.15, -0.1) is 0 Å². The molecule has 0 bridgehead atoms. The van der Waals surface area contributed by atoms with Crippen LogP contribution < -0.4 is 10.2 Å². The van der Waals surface area contributed by atoms with Gasteiger partial charge in [0.25, 0.3) is 0 Å². The molecule has 0 aromatic heterocycles. The summed E-state index contributed by atoms with van der Waals surface area (Å²) in [4.78, 5) is 2.33. The fourth-order valence-electron chi connectivity index (χ4n) is 2.98. The average Bonchev–Trinajstić information content (AvgIpc) is 2.79. The largest absolute Gasteiger partial charge is 0.394 e. The van der Waals surface area contributed by atoms with Gasteiger partial charge in [-0.3, -0.25) is 0 Å². The van der Waals surface area contributed by atoms with Crippen LogP contribution in [-0.2, 0) is 6.54 Å². The van der Waals surface area contributed by atoms with Crippen molar-refractivity contribution in [1.82, 2.24) is 5.32 Å². The topological polar surface area (TPSA) is 35.5 Å². The molecule has 0 spiro atoms. The van der Waals surface area contributed by atoms with Crippen molar-refractivity contribution in [2.75, 3.05) is 24.6 Å². The van der Waals surface area contributed by atoms with Gasteiger partial charge in [0.05, 0.1) is 18.3 Å². The molecule has 1 heterocycles. The Morgan fingerprint density at radius 2 is 2.19 bits per heavy atom. The fraction of sp³-hybridized carbons (Fsp3) is 0.647. The van der Waals surface area contributed by atoms with E-state index in [-0.39, 0.29) is 12.6 Å². The lowest BCUT2D eigenvalue weighted by Crippen LogP contribution is -2.35. The number of anilines is 1. The molecule has 1 aromatic carbocycles. The molecule has 4 heteroatoms. The zero-order valence-electron chi connectivity index (χ0n) is 13.3. The van der Waals surface area contributed by atoms with Crippen molar-refractivity contribution in [2.24, 2.45) is 11.8 Å². The third-order valence-corrected chi connectivity index (χ3v) is 4.91. The maximum absolute atomic E-state index is 9.61. The standard InChI is InChI=1S/C17H27BrN2O/c1-12(2)9-19-10-14-4-5-16(15(18)8-14)20-7-6-13(3)17(20)11-21/h4-5,8,12-13,17,19,21H,6-7,9-11H2,1-3H3. The maximum atomic E-state index is 9.61. The third-order valence-electron chi connectivity index (χ3n) is 4.27. The summed E-state index contributed by atoms with van der Waals surface area (Å²) in [6.07, 6.45) is 1.15. The Morgan fingerprint density at radius 3 is 2.81 bits per heavy atom. The van der Waals surface area contributed by atoms with Crippen LogP contribution in [0.5, 0.6) is 0 Å². The highest BCUT2D eigenvalue weighted by Crippen LogP contribution is 2.34. The monoisotopic (exact) mass is 354 g/mol. The van der Waals surface area contributed by atoms with Gasteiger partial charge in [0.15, 0.2) is 0 Å². The van der Waals surface area contributed by atoms with E-state index in [2.05, 4.69) is 65.1 Å². The number of nitrogens with zero attached hydrogens (tertiary/aromatic N) is 1. The van der Waals surface area contributed by atoms with Crippen LogP contribution in [0.4, 0.5) is 5.69 Å². The van der Waals surface area contributed by atoms with Crippen molar-refractivity contribution in [3.63, 3.8) is 0 Å². The molecule has 0 radical (unpaired) electrons. The zero-order chi connectivity index (χ0) is 15.4. The van der Waals surface area contributed by atoms with Crippen LogP contribution in [-0.4, -0.2) is 30.8 Å². The second kappa shape index (κ2) is 7.61. The Morgan fingerprint density at radius 1 is 1.43 bits per heavy atom. The van der Waals surface area contributed by atoms with Gasteiger partial charge in [0.2, 0.25) is 0 Å². The molecular weight excluding hydrogens is 328 g/mol. The first-order chi connectivity index (χ1) is 10.0. The molecule has 1 fully saturated rings. The van der Waals surface area contributed by atoms with Gasteiger partial charge in [-0.1, -0.05) is 26.8 Å². The highest BCUT2D eigenvalue weighted by Gasteiger charge is 2.31. The minimum Gasteiger partial charge on any atom is -0.394 e. The van der Waals surface area contributed by atoms with E-state index in [4.69, 9.17) is 0 Å². The van der Waals surface area contributed by atoms with E-state index < -0.39 is 0 Å². The molecule has 1 aliphatic rings. The number of hydrogen-bond acceptors (Lipinski definition) is 3. The van der Waals surface area contributed by atoms with Gasteiger partial charge in [0, 0.05) is 17.6 Å². The van der Waals surface area contributed by atoms with E-state index >= 15 is 0 Å². The van der Waals surface area contributed by atoms with Crippen molar-refractivity contribution >= 4 is 21.6 Å². The van der Waals surface area contributed by atoms with Crippen LogP contribution >= 0.6 is 15.9 Å². The second-order valence-electron chi connectivity index (χ2n) is 6.52. The number of benzene rings is 1. The minimum atomic E-state index is 0.227. The van der Waals surface area contributed by atoms with Gasteiger partial charge in [0.1, 0.15) is 0 Å². The smallest absolute Gasteiger partial charge is 0.0637 e. The molecule has 0 amide bonds. The normalized spacial score (nSPS) is 22.3. The van der Waals surface area contributed by atoms with Crippen LogP contribution in [0.3, 0.4) is 0 Å². The Kier molecular flexibility index (Phi) is 6.08. The van der Waals surface area contributed by atoms with Crippen molar-refractivity contribution in [3.8, 4) is 0 Å². The fourth-order valence-corrected chi connectivity index (χ4v) is 3.64. The lowest BCUT2D eigenvalue weighted by Gasteiger charge is -2.28. The molecule has 21 heavy (non-hydrogen) atoms. The Bertz CT molecular complexity index is 464. The number of aliphatic hydroxyl groups is 1. The van der Waals surface area contributed by atoms with Crippen molar-refractivity contribution in [1.29, 1.82) is 0 Å². The number of rotatable bonds is 6. The van der Waals surface area contributed by atoms with Gasteiger partial charge < -0.3 is 15.3 Å². The summed E-state index contributed by atoms with van der Waals surface area (Å²) < 4.78 is 1.12. The molecule has 2 unspecified atom stereocenters. The first-order valence-corrected chi connectivity index (χ1v) is 8.69. The van der Waals surface area contributed by atoms with E-state index in [9.17, 15) is 5.11 Å². The summed E-state index contributed by atoms with van der Waals surface area (Å²) in [5.41, 5.74) is 2.49. The summed E-state index contributed by atoms with van der Waals surface area (Å²) >= 11 is 3.70. The molecule has 1 aromatic rings. The highest BCUT2D eigenvalue weighted by molar-refractivity contribution is 9.10. The number of hydrogen-bond donors (Lipinski definition) is 2. The van der Waals surface area contributed by atoms with E-state index in [0.29, 0.717) is 11.8 Å². The van der Waals surface area contributed by atoms with E-state index in [1.807, 2.05) is 0 Å². The highest BCUT2D eigenvalue weighted by atomic mass is 79.9. The summed E-state index contributed by atoms with van der Waals surface area (Å²) in [5.74, 6) is 1.22. The molecule has 0 aliphatic carbocycles. The van der Waals surface area contributed by atoms with Crippen molar-refractivity contribution in [3.05, 3.63) is 28.2 Å². The van der Waals surface area contributed by atoms with Crippen molar-refractivity contribution in [2.45, 2.75) is 39.8 Å². The SMILES string of the molecule is CC(C)CNCc1ccc(N2CCC(C)C2CO)c(Br)c1. The predicted molar refractivity (Wildman–Crippen MR) is 92.7 cm³/mol. The van der Waals surface area contributed by atoms with Crippen LogP contribution in [0.25, 0.3) is 0 Å². The lowest BCUT2D eigenvalue weighted by molar-refractivity contribution is 0.244.